The molecule has 2 N–H and O–H groups in total. The van der Waals surface area contributed by atoms with Gasteiger partial charge < -0.3 is 15.2 Å². The van der Waals surface area contributed by atoms with Crippen LogP contribution in [0.1, 0.15) is 79.8 Å². The highest BCUT2D eigenvalue weighted by molar-refractivity contribution is 5.95. The minimum Gasteiger partial charge on any atom is -0.400 e. The van der Waals surface area contributed by atoms with Gasteiger partial charge >= 0.3 is 0 Å². The monoisotopic (exact) mass is 461 g/mol. The highest BCUT2D eigenvalue weighted by Gasteiger charge is 2.20. The zero-order chi connectivity index (χ0) is 24.9. The second-order valence-corrected chi connectivity index (χ2v) is 9.19. The van der Waals surface area contributed by atoms with Gasteiger partial charge in [0.15, 0.2) is 0 Å². The molecular weight excluding hydrogens is 422 g/mol. The van der Waals surface area contributed by atoms with Crippen LogP contribution in [0.4, 0.5) is 0 Å². The lowest BCUT2D eigenvalue weighted by molar-refractivity contribution is -0.107. The molecule has 1 aliphatic rings. The summed E-state index contributed by atoms with van der Waals surface area (Å²) in [5.74, 6) is 1.85. The van der Waals surface area contributed by atoms with Gasteiger partial charge in [-0.1, -0.05) is 88.2 Å². The van der Waals surface area contributed by atoms with Gasteiger partial charge in [-0.2, -0.15) is 0 Å². The molecule has 34 heavy (non-hydrogen) atoms. The van der Waals surface area contributed by atoms with Crippen molar-refractivity contribution in [3.05, 3.63) is 83.4 Å². The summed E-state index contributed by atoms with van der Waals surface area (Å²) in [5, 5.41) is 12.3. The third-order valence-electron chi connectivity index (χ3n) is 6.37. The summed E-state index contributed by atoms with van der Waals surface area (Å²) >= 11 is 0. The molecule has 3 aromatic rings. The number of hydrogen-bond donors (Lipinski definition) is 2. The second kappa shape index (κ2) is 14.3. The Balaban J connectivity index is 0.000000237. The van der Waals surface area contributed by atoms with Gasteiger partial charge in [-0.15, -0.1) is 0 Å². The average molecular weight is 462 g/mol. The van der Waals surface area contributed by atoms with Crippen LogP contribution in [-0.2, 0) is 4.79 Å². The standard InChI is InChI=1S/C16H21NO2.C13H14.CH4O/c1-12-3-2-4-15(11-12)13-5-7-14(8-6-13)16(19)17-9-10-18;1-10(2)12-9-5-7-11-6-3-4-8-13(11)12;1-2/h5-8,10,12,15H,2-4,9,11H2,1H3,(H,17,19);3-10H,1-2H3;2H,1H3/t12?,15-;;/m0../s1. The van der Waals surface area contributed by atoms with Gasteiger partial charge in [0.25, 0.3) is 5.91 Å². The van der Waals surface area contributed by atoms with E-state index in [4.69, 9.17) is 5.11 Å². The molecule has 0 aliphatic heterocycles. The fourth-order valence-corrected chi connectivity index (χ4v) is 4.63. The molecule has 1 aliphatic carbocycles. The Morgan fingerprint density at radius 3 is 2.32 bits per heavy atom. The number of benzene rings is 3. The molecule has 1 unspecified atom stereocenters. The SMILES string of the molecule is CC(C)c1cccc2ccccc12.CC1CCC[C@H](c2ccc(C(=O)NCC=O)cc2)C1.CO. The molecule has 182 valence electrons. The average Bonchev–Trinajstić information content (AvgIpc) is 2.88. The molecule has 4 heteroatoms. The third-order valence-corrected chi connectivity index (χ3v) is 6.37. The summed E-state index contributed by atoms with van der Waals surface area (Å²) < 4.78 is 0. The van der Waals surface area contributed by atoms with E-state index in [2.05, 4.69) is 80.7 Å². The molecule has 1 amide bonds. The Morgan fingerprint density at radius 1 is 1.00 bits per heavy atom. The number of fused-ring (bicyclic) bond motifs is 1. The summed E-state index contributed by atoms with van der Waals surface area (Å²) in [6.07, 6.45) is 5.82. The summed E-state index contributed by atoms with van der Waals surface area (Å²) in [6.45, 7) is 6.86. The Bertz CT molecular complexity index is 1020. The largest absolute Gasteiger partial charge is 0.400 e. The molecule has 0 bridgehead atoms. The van der Waals surface area contributed by atoms with Crippen molar-refractivity contribution in [2.45, 2.75) is 58.3 Å². The fourth-order valence-electron chi connectivity index (χ4n) is 4.63. The number of nitrogens with one attached hydrogen (secondary N) is 1. The van der Waals surface area contributed by atoms with Crippen molar-refractivity contribution in [1.29, 1.82) is 0 Å². The molecular formula is C30H39NO3. The number of aliphatic hydroxyl groups excluding tert-OH is 1. The first kappa shape index (κ1) is 27.3. The fraction of sp³-hybridized carbons (Fsp3) is 0.400. The van der Waals surface area contributed by atoms with Crippen molar-refractivity contribution in [2.24, 2.45) is 5.92 Å². The Labute approximate surface area is 204 Å². The second-order valence-electron chi connectivity index (χ2n) is 9.19. The molecule has 4 rings (SSSR count). The minimum absolute atomic E-state index is 0.0702. The number of carbonyl (C=O) groups is 2. The maximum absolute atomic E-state index is 11.7. The van der Waals surface area contributed by atoms with E-state index in [0.29, 0.717) is 23.7 Å². The van der Waals surface area contributed by atoms with Crippen molar-refractivity contribution < 1.29 is 14.7 Å². The zero-order valence-electron chi connectivity index (χ0n) is 21.0. The number of aldehydes is 1. The lowest BCUT2D eigenvalue weighted by Gasteiger charge is -2.27. The van der Waals surface area contributed by atoms with Crippen molar-refractivity contribution in [1.82, 2.24) is 5.32 Å². The summed E-state index contributed by atoms with van der Waals surface area (Å²) in [6, 6.07) is 22.9. The Kier molecular flexibility index (Phi) is 11.5. The number of amides is 1. The maximum atomic E-state index is 11.7. The molecule has 3 aromatic carbocycles. The molecule has 0 saturated heterocycles. The highest BCUT2D eigenvalue weighted by atomic mass is 16.2. The molecule has 0 spiro atoms. The molecule has 2 atom stereocenters. The van der Waals surface area contributed by atoms with E-state index in [1.165, 1.54) is 47.6 Å². The van der Waals surface area contributed by atoms with Crippen LogP contribution in [-0.4, -0.2) is 31.0 Å². The third kappa shape index (κ3) is 7.81. The number of carbonyl (C=O) groups excluding carboxylic acids is 2. The van der Waals surface area contributed by atoms with Crippen LogP contribution >= 0.6 is 0 Å². The summed E-state index contributed by atoms with van der Waals surface area (Å²) in [5.41, 5.74) is 3.39. The quantitative estimate of drug-likeness (QED) is 0.427. The van der Waals surface area contributed by atoms with Crippen molar-refractivity contribution in [3.8, 4) is 0 Å². The van der Waals surface area contributed by atoms with Crippen LogP contribution in [0.15, 0.2) is 66.7 Å². The van der Waals surface area contributed by atoms with Crippen LogP contribution in [0.2, 0.25) is 0 Å². The van der Waals surface area contributed by atoms with Crippen LogP contribution in [0.25, 0.3) is 10.8 Å². The van der Waals surface area contributed by atoms with Gasteiger partial charge in [0.2, 0.25) is 0 Å². The van der Waals surface area contributed by atoms with Gasteiger partial charge in [-0.3, -0.25) is 4.79 Å². The summed E-state index contributed by atoms with van der Waals surface area (Å²) in [4.78, 5) is 21.9. The maximum Gasteiger partial charge on any atom is 0.251 e. The Hall–Kier alpha value is -2.98. The first-order valence-electron chi connectivity index (χ1n) is 12.2. The number of rotatable bonds is 5. The van der Waals surface area contributed by atoms with Gasteiger partial charge in [0.05, 0.1) is 6.54 Å². The van der Waals surface area contributed by atoms with Crippen LogP contribution < -0.4 is 5.32 Å². The van der Waals surface area contributed by atoms with Crippen molar-refractivity contribution >= 4 is 23.0 Å². The molecule has 0 heterocycles. The normalized spacial score (nSPS) is 17.1. The molecule has 1 fully saturated rings. The van der Waals surface area contributed by atoms with Gasteiger partial charge in [0.1, 0.15) is 6.29 Å². The topological polar surface area (TPSA) is 66.4 Å². The zero-order valence-corrected chi connectivity index (χ0v) is 21.0. The predicted octanol–water partition coefficient (Wildman–Crippen LogP) is 6.48. The highest BCUT2D eigenvalue weighted by Crippen LogP contribution is 2.35. The number of aliphatic hydroxyl groups is 1. The van der Waals surface area contributed by atoms with E-state index in [9.17, 15) is 9.59 Å². The molecule has 0 aromatic heterocycles. The van der Waals surface area contributed by atoms with Crippen LogP contribution in [0.3, 0.4) is 0 Å². The predicted molar refractivity (Wildman–Crippen MR) is 141 cm³/mol. The molecule has 0 radical (unpaired) electrons. The van der Waals surface area contributed by atoms with Crippen molar-refractivity contribution in [2.75, 3.05) is 13.7 Å². The smallest absolute Gasteiger partial charge is 0.251 e. The van der Waals surface area contributed by atoms with Gasteiger partial charge in [-0.25, -0.2) is 0 Å². The Morgan fingerprint density at radius 2 is 1.68 bits per heavy atom. The summed E-state index contributed by atoms with van der Waals surface area (Å²) in [7, 11) is 1.00. The van der Waals surface area contributed by atoms with Gasteiger partial charge in [-0.05, 0) is 64.6 Å². The van der Waals surface area contributed by atoms with Crippen molar-refractivity contribution in [3.63, 3.8) is 0 Å². The van der Waals surface area contributed by atoms with E-state index in [1.54, 1.807) is 0 Å². The van der Waals surface area contributed by atoms with E-state index in [-0.39, 0.29) is 12.5 Å². The molecule has 1 saturated carbocycles. The number of hydrogen-bond acceptors (Lipinski definition) is 3. The van der Waals surface area contributed by atoms with Crippen LogP contribution in [0.5, 0.6) is 0 Å². The van der Waals surface area contributed by atoms with Gasteiger partial charge in [0, 0.05) is 12.7 Å². The van der Waals surface area contributed by atoms with E-state index in [1.807, 2.05) is 12.1 Å². The minimum atomic E-state index is -0.185. The van der Waals surface area contributed by atoms with E-state index in [0.717, 1.165) is 13.0 Å². The first-order valence-corrected chi connectivity index (χ1v) is 12.2. The molecule has 4 nitrogen and oxygen atoms in total. The lowest BCUT2D eigenvalue weighted by Crippen LogP contribution is -2.25. The van der Waals surface area contributed by atoms with Crippen LogP contribution in [0, 0.1) is 5.92 Å². The van der Waals surface area contributed by atoms with E-state index < -0.39 is 0 Å². The first-order chi connectivity index (χ1) is 16.5. The lowest BCUT2D eigenvalue weighted by atomic mass is 9.79. The van der Waals surface area contributed by atoms with E-state index >= 15 is 0 Å².